The number of hydrogen-bond donors (Lipinski definition) is 1. The summed E-state index contributed by atoms with van der Waals surface area (Å²) in [4.78, 5) is 9.67. The Morgan fingerprint density at radius 1 is 1.47 bits per heavy atom. The normalized spacial score (nSPS) is 11.8. The number of anilines is 1. The highest BCUT2D eigenvalue weighted by Gasteiger charge is 2.09. The number of nitriles is 1. The topological polar surface area (TPSA) is 61.6 Å². The molecule has 0 amide bonds. The highest BCUT2D eigenvalue weighted by atomic mass is 32.1. The summed E-state index contributed by atoms with van der Waals surface area (Å²) in [5.74, 6) is 0.699. The molecule has 0 saturated heterocycles. The second kappa shape index (κ2) is 4.93. The molecule has 0 fully saturated rings. The predicted octanol–water partition coefficient (Wildman–Crippen LogP) is 2.89. The molecule has 0 bridgehead atoms. The van der Waals surface area contributed by atoms with E-state index in [-0.39, 0.29) is 6.04 Å². The van der Waals surface area contributed by atoms with Crippen LogP contribution in [0.5, 0.6) is 0 Å². The van der Waals surface area contributed by atoms with Crippen molar-refractivity contribution in [3.63, 3.8) is 0 Å². The van der Waals surface area contributed by atoms with Gasteiger partial charge in [0, 0.05) is 11.1 Å². The average Bonchev–Trinajstić information content (AvgIpc) is 2.76. The van der Waals surface area contributed by atoms with E-state index in [0.29, 0.717) is 11.5 Å². The average molecular weight is 244 g/mol. The second-order valence-corrected chi connectivity index (χ2v) is 4.96. The number of nitrogens with one attached hydrogen (secondary N) is 1. The van der Waals surface area contributed by atoms with Gasteiger partial charge in [-0.15, -0.1) is 11.3 Å². The minimum atomic E-state index is 0.0927. The lowest BCUT2D eigenvalue weighted by Crippen LogP contribution is -2.07. The van der Waals surface area contributed by atoms with Crippen LogP contribution in [0.1, 0.15) is 28.5 Å². The minimum absolute atomic E-state index is 0.0927. The van der Waals surface area contributed by atoms with E-state index in [1.54, 1.807) is 17.4 Å². The van der Waals surface area contributed by atoms with Crippen LogP contribution in [0, 0.1) is 18.3 Å². The SMILES string of the molecule is Cc1cnc(C(C)Nc2cccc(C#N)n2)s1. The molecule has 1 N–H and O–H groups in total. The Kier molecular flexibility index (Phi) is 3.35. The Morgan fingerprint density at radius 3 is 2.94 bits per heavy atom. The summed E-state index contributed by atoms with van der Waals surface area (Å²) in [6, 6.07) is 7.46. The number of nitrogens with zero attached hydrogens (tertiary/aromatic N) is 3. The fourth-order valence-corrected chi connectivity index (χ4v) is 2.21. The van der Waals surface area contributed by atoms with Crippen molar-refractivity contribution in [2.75, 3.05) is 5.32 Å². The van der Waals surface area contributed by atoms with Crippen molar-refractivity contribution < 1.29 is 0 Å². The van der Waals surface area contributed by atoms with Crippen LogP contribution in [0.4, 0.5) is 5.82 Å². The molecule has 2 heterocycles. The number of hydrogen-bond acceptors (Lipinski definition) is 5. The number of thiazole rings is 1. The van der Waals surface area contributed by atoms with E-state index in [1.807, 2.05) is 38.2 Å². The van der Waals surface area contributed by atoms with Gasteiger partial charge in [-0.25, -0.2) is 9.97 Å². The van der Waals surface area contributed by atoms with Crippen LogP contribution in [-0.2, 0) is 0 Å². The maximum Gasteiger partial charge on any atom is 0.142 e. The molecule has 4 nitrogen and oxygen atoms in total. The number of rotatable bonds is 3. The van der Waals surface area contributed by atoms with Crippen molar-refractivity contribution in [1.82, 2.24) is 9.97 Å². The van der Waals surface area contributed by atoms with Crippen LogP contribution >= 0.6 is 11.3 Å². The lowest BCUT2D eigenvalue weighted by molar-refractivity contribution is 0.860. The molecule has 86 valence electrons. The van der Waals surface area contributed by atoms with Crippen LogP contribution in [0.2, 0.25) is 0 Å². The van der Waals surface area contributed by atoms with Gasteiger partial charge in [0.2, 0.25) is 0 Å². The quantitative estimate of drug-likeness (QED) is 0.901. The lowest BCUT2D eigenvalue weighted by Gasteiger charge is -2.11. The minimum Gasteiger partial charge on any atom is -0.361 e. The molecule has 0 aliphatic carbocycles. The van der Waals surface area contributed by atoms with Gasteiger partial charge < -0.3 is 5.32 Å². The third kappa shape index (κ3) is 2.80. The fourth-order valence-electron chi connectivity index (χ4n) is 1.43. The first-order chi connectivity index (χ1) is 8.19. The van der Waals surface area contributed by atoms with Gasteiger partial charge >= 0.3 is 0 Å². The first kappa shape index (κ1) is 11.6. The second-order valence-electron chi connectivity index (χ2n) is 3.70. The van der Waals surface area contributed by atoms with Gasteiger partial charge in [-0.2, -0.15) is 5.26 Å². The maximum atomic E-state index is 8.77. The molecule has 1 atom stereocenters. The number of pyridine rings is 1. The van der Waals surface area contributed by atoms with E-state index < -0.39 is 0 Å². The van der Waals surface area contributed by atoms with Crippen molar-refractivity contribution in [2.45, 2.75) is 19.9 Å². The Bertz CT molecular complexity index is 556. The summed E-state index contributed by atoms with van der Waals surface area (Å²) >= 11 is 1.66. The molecule has 0 aromatic carbocycles. The summed E-state index contributed by atoms with van der Waals surface area (Å²) in [6.45, 7) is 4.06. The van der Waals surface area contributed by atoms with Crippen molar-refractivity contribution >= 4 is 17.2 Å². The number of aromatic nitrogens is 2. The van der Waals surface area contributed by atoms with E-state index in [9.17, 15) is 0 Å². The first-order valence-electron chi connectivity index (χ1n) is 5.25. The van der Waals surface area contributed by atoms with E-state index >= 15 is 0 Å². The Labute approximate surface area is 104 Å². The van der Waals surface area contributed by atoms with Crippen LogP contribution in [0.3, 0.4) is 0 Å². The van der Waals surface area contributed by atoms with E-state index in [0.717, 1.165) is 5.01 Å². The zero-order chi connectivity index (χ0) is 12.3. The molecule has 5 heteroatoms. The largest absolute Gasteiger partial charge is 0.361 e. The summed E-state index contributed by atoms with van der Waals surface area (Å²) < 4.78 is 0. The molecule has 0 aliphatic heterocycles. The molecule has 1 unspecified atom stereocenters. The summed E-state index contributed by atoms with van der Waals surface area (Å²) in [6.07, 6.45) is 1.86. The Morgan fingerprint density at radius 2 is 2.29 bits per heavy atom. The summed E-state index contributed by atoms with van der Waals surface area (Å²) in [7, 11) is 0. The van der Waals surface area contributed by atoms with Gasteiger partial charge in [0.1, 0.15) is 22.6 Å². The monoisotopic (exact) mass is 244 g/mol. The molecule has 0 saturated carbocycles. The molecular formula is C12H12N4S. The summed E-state index contributed by atoms with van der Waals surface area (Å²) in [5.41, 5.74) is 0.414. The van der Waals surface area contributed by atoms with Crippen LogP contribution in [0.25, 0.3) is 0 Å². The van der Waals surface area contributed by atoms with Gasteiger partial charge in [-0.1, -0.05) is 6.07 Å². The molecular weight excluding hydrogens is 232 g/mol. The molecule has 2 rings (SSSR count). The Hall–Kier alpha value is -1.93. The summed E-state index contributed by atoms with van der Waals surface area (Å²) in [5, 5.41) is 13.0. The highest BCUT2D eigenvalue weighted by Crippen LogP contribution is 2.22. The highest BCUT2D eigenvalue weighted by molar-refractivity contribution is 7.11. The van der Waals surface area contributed by atoms with Crippen molar-refractivity contribution in [2.24, 2.45) is 0 Å². The first-order valence-corrected chi connectivity index (χ1v) is 6.06. The fraction of sp³-hybridized carbons (Fsp3) is 0.250. The standard InChI is InChI=1S/C12H12N4S/c1-8-7-14-12(17-8)9(2)15-11-5-3-4-10(6-13)16-11/h3-5,7,9H,1-2H3,(H,15,16). The van der Waals surface area contributed by atoms with Gasteiger partial charge in [-0.05, 0) is 26.0 Å². The molecule has 0 aliphatic rings. The molecule has 0 radical (unpaired) electrons. The smallest absolute Gasteiger partial charge is 0.142 e. The van der Waals surface area contributed by atoms with Gasteiger partial charge in [0.05, 0.1) is 6.04 Å². The van der Waals surface area contributed by atoms with Gasteiger partial charge in [0.25, 0.3) is 0 Å². The third-order valence-electron chi connectivity index (χ3n) is 2.24. The molecule has 0 spiro atoms. The van der Waals surface area contributed by atoms with Crippen LogP contribution in [-0.4, -0.2) is 9.97 Å². The predicted molar refractivity (Wildman–Crippen MR) is 67.8 cm³/mol. The van der Waals surface area contributed by atoms with Gasteiger partial charge in [-0.3, -0.25) is 0 Å². The third-order valence-corrected chi connectivity index (χ3v) is 3.33. The molecule has 17 heavy (non-hydrogen) atoms. The van der Waals surface area contributed by atoms with E-state index in [4.69, 9.17) is 5.26 Å². The van der Waals surface area contributed by atoms with Crippen LogP contribution in [0.15, 0.2) is 24.4 Å². The molecule has 2 aromatic heterocycles. The van der Waals surface area contributed by atoms with E-state index in [2.05, 4.69) is 15.3 Å². The Balaban J connectivity index is 2.13. The van der Waals surface area contributed by atoms with Crippen molar-refractivity contribution in [3.8, 4) is 6.07 Å². The van der Waals surface area contributed by atoms with Crippen LogP contribution < -0.4 is 5.32 Å². The van der Waals surface area contributed by atoms with E-state index in [1.165, 1.54) is 4.88 Å². The van der Waals surface area contributed by atoms with Gasteiger partial charge in [0.15, 0.2) is 0 Å². The number of aryl methyl sites for hydroxylation is 1. The lowest BCUT2D eigenvalue weighted by atomic mass is 10.3. The van der Waals surface area contributed by atoms with Crippen molar-refractivity contribution in [1.29, 1.82) is 5.26 Å². The maximum absolute atomic E-state index is 8.77. The van der Waals surface area contributed by atoms with Crippen molar-refractivity contribution in [3.05, 3.63) is 40.0 Å². The molecule has 2 aromatic rings. The zero-order valence-corrected chi connectivity index (χ0v) is 10.5. The zero-order valence-electron chi connectivity index (χ0n) is 9.64.